The molecular formula is C17H17FN6O2. The second-order valence-corrected chi connectivity index (χ2v) is 5.99. The molecule has 4 heterocycles. The topological polar surface area (TPSA) is 84.6 Å². The van der Waals surface area contributed by atoms with Crippen molar-refractivity contribution in [2.45, 2.75) is 18.9 Å². The van der Waals surface area contributed by atoms with Gasteiger partial charge >= 0.3 is 6.09 Å². The van der Waals surface area contributed by atoms with Crippen LogP contribution in [0.2, 0.25) is 0 Å². The molecule has 9 heteroatoms. The van der Waals surface area contributed by atoms with Gasteiger partial charge in [0.15, 0.2) is 5.75 Å². The van der Waals surface area contributed by atoms with Crippen molar-refractivity contribution < 1.29 is 13.9 Å². The van der Waals surface area contributed by atoms with Crippen LogP contribution in [0.5, 0.6) is 5.75 Å². The highest BCUT2D eigenvalue weighted by Crippen LogP contribution is 2.35. The van der Waals surface area contributed by atoms with Gasteiger partial charge in [0, 0.05) is 26.0 Å². The van der Waals surface area contributed by atoms with Crippen LogP contribution in [0.3, 0.4) is 0 Å². The number of hydrogen-bond donors (Lipinski definition) is 1. The first kappa shape index (κ1) is 16.2. The molecule has 1 fully saturated rings. The Morgan fingerprint density at radius 2 is 2.27 bits per heavy atom. The zero-order chi connectivity index (χ0) is 18.1. The van der Waals surface area contributed by atoms with E-state index in [9.17, 15) is 9.18 Å². The molecule has 26 heavy (non-hydrogen) atoms. The number of hydrogen-bond acceptors (Lipinski definition) is 6. The Labute approximate surface area is 148 Å². The van der Waals surface area contributed by atoms with Gasteiger partial charge in [-0.3, -0.25) is 4.98 Å². The molecule has 0 unspecified atom stereocenters. The van der Waals surface area contributed by atoms with Crippen molar-refractivity contribution in [3.63, 3.8) is 0 Å². The first-order valence-corrected chi connectivity index (χ1v) is 8.27. The summed E-state index contributed by atoms with van der Waals surface area (Å²) in [6, 6.07) is 3.35. The molecule has 0 radical (unpaired) electrons. The first-order chi connectivity index (χ1) is 12.7. The van der Waals surface area contributed by atoms with E-state index in [1.54, 1.807) is 12.4 Å². The van der Waals surface area contributed by atoms with Gasteiger partial charge in [-0.05, 0) is 30.5 Å². The van der Waals surface area contributed by atoms with E-state index in [-0.39, 0.29) is 17.6 Å². The molecular weight excluding hydrogens is 339 g/mol. The van der Waals surface area contributed by atoms with Crippen LogP contribution in [0.25, 0.3) is 5.65 Å². The Kier molecular flexibility index (Phi) is 4.11. The van der Waals surface area contributed by atoms with Gasteiger partial charge in [-0.1, -0.05) is 0 Å². The molecule has 0 spiro atoms. The van der Waals surface area contributed by atoms with E-state index in [0.717, 1.165) is 24.9 Å². The fraction of sp³-hybridized carbons (Fsp3) is 0.294. The summed E-state index contributed by atoms with van der Waals surface area (Å²) in [6.07, 6.45) is 7.35. The average Bonchev–Trinajstić information content (AvgIpc) is 3.28. The number of nitrogens with one attached hydrogen (secondary N) is 1. The van der Waals surface area contributed by atoms with Gasteiger partial charge in [0.25, 0.3) is 0 Å². The lowest BCUT2D eigenvalue weighted by Gasteiger charge is -2.26. The Bertz CT molecular complexity index is 959. The quantitative estimate of drug-likeness (QED) is 0.775. The summed E-state index contributed by atoms with van der Waals surface area (Å²) in [5.74, 6) is 0.635. The minimum absolute atomic E-state index is 0.000574. The zero-order valence-corrected chi connectivity index (χ0v) is 14.1. The summed E-state index contributed by atoms with van der Waals surface area (Å²) < 4.78 is 20.3. The number of carbonyl (C=O) groups is 1. The van der Waals surface area contributed by atoms with Crippen LogP contribution in [0, 0.1) is 5.82 Å². The number of amides is 1. The predicted octanol–water partition coefficient (Wildman–Crippen LogP) is 2.32. The monoisotopic (exact) mass is 356 g/mol. The summed E-state index contributed by atoms with van der Waals surface area (Å²) >= 11 is 0. The lowest BCUT2D eigenvalue weighted by Crippen LogP contribution is -2.24. The van der Waals surface area contributed by atoms with Crippen LogP contribution < -0.4 is 15.0 Å². The van der Waals surface area contributed by atoms with Crippen molar-refractivity contribution in [2.24, 2.45) is 0 Å². The lowest BCUT2D eigenvalue weighted by atomic mass is 10.1. The SMILES string of the molecule is CNC(=O)Oc1cnn2ccc(N3CCC[C@@H]3c3cncc(F)c3)nc12. The van der Waals surface area contributed by atoms with E-state index in [0.29, 0.717) is 11.5 Å². The molecule has 1 aliphatic heterocycles. The summed E-state index contributed by atoms with van der Waals surface area (Å²) in [7, 11) is 1.48. The standard InChI is InChI=1S/C17H17FN6O2/c1-19-17(25)26-14-10-21-24-6-4-15(22-16(14)24)23-5-2-3-13(23)11-7-12(18)9-20-8-11/h4,6-10,13H,2-3,5H2,1H3,(H,19,25)/t13-/m1/s1. The van der Waals surface area contributed by atoms with E-state index in [2.05, 4.69) is 25.3 Å². The summed E-state index contributed by atoms with van der Waals surface area (Å²) in [6.45, 7) is 0.796. The van der Waals surface area contributed by atoms with Gasteiger partial charge in [0.2, 0.25) is 5.65 Å². The summed E-state index contributed by atoms with van der Waals surface area (Å²) in [4.78, 5) is 22.2. The number of carbonyl (C=O) groups excluding carboxylic acids is 1. The Hall–Kier alpha value is -3.23. The maximum absolute atomic E-state index is 13.6. The molecule has 0 bridgehead atoms. The van der Waals surface area contributed by atoms with Crippen LogP contribution in [0.4, 0.5) is 15.0 Å². The highest BCUT2D eigenvalue weighted by atomic mass is 19.1. The largest absolute Gasteiger partial charge is 0.412 e. The molecule has 1 N–H and O–H groups in total. The van der Waals surface area contributed by atoms with Gasteiger partial charge in [0.05, 0.1) is 18.4 Å². The number of aromatic nitrogens is 4. The highest BCUT2D eigenvalue weighted by molar-refractivity contribution is 5.73. The van der Waals surface area contributed by atoms with E-state index in [1.165, 1.54) is 30.0 Å². The minimum Gasteiger partial charge on any atom is -0.405 e. The number of fused-ring (bicyclic) bond motifs is 1. The molecule has 3 aromatic heterocycles. The van der Waals surface area contributed by atoms with Gasteiger partial charge < -0.3 is 15.0 Å². The first-order valence-electron chi connectivity index (χ1n) is 8.27. The lowest BCUT2D eigenvalue weighted by molar-refractivity contribution is 0.203. The Balaban J connectivity index is 1.69. The van der Waals surface area contributed by atoms with Crippen LogP contribution in [0.1, 0.15) is 24.4 Å². The number of pyridine rings is 1. The minimum atomic E-state index is -0.586. The third-order valence-electron chi connectivity index (χ3n) is 4.39. The molecule has 1 saturated heterocycles. The van der Waals surface area contributed by atoms with E-state index < -0.39 is 6.09 Å². The van der Waals surface area contributed by atoms with Gasteiger partial charge in [-0.15, -0.1) is 0 Å². The molecule has 0 aromatic carbocycles. The zero-order valence-electron chi connectivity index (χ0n) is 14.1. The van der Waals surface area contributed by atoms with Crippen molar-refractivity contribution >= 4 is 17.6 Å². The molecule has 3 aromatic rings. The normalized spacial score (nSPS) is 16.8. The second kappa shape index (κ2) is 6.58. The molecule has 134 valence electrons. The van der Waals surface area contributed by atoms with Crippen molar-refractivity contribution in [3.8, 4) is 5.75 Å². The van der Waals surface area contributed by atoms with Crippen molar-refractivity contribution in [2.75, 3.05) is 18.5 Å². The number of halogens is 1. The Morgan fingerprint density at radius 1 is 1.38 bits per heavy atom. The molecule has 0 aliphatic carbocycles. The van der Waals surface area contributed by atoms with E-state index in [1.807, 2.05) is 6.07 Å². The van der Waals surface area contributed by atoms with Crippen LogP contribution in [-0.2, 0) is 0 Å². The van der Waals surface area contributed by atoms with Crippen molar-refractivity contribution in [3.05, 3.63) is 48.3 Å². The van der Waals surface area contributed by atoms with Gasteiger partial charge in [0.1, 0.15) is 11.6 Å². The molecule has 1 amide bonds. The second-order valence-electron chi connectivity index (χ2n) is 5.99. The van der Waals surface area contributed by atoms with Crippen LogP contribution in [0.15, 0.2) is 36.9 Å². The number of nitrogens with zero attached hydrogens (tertiary/aromatic N) is 5. The maximum Gasteiger partial charge on any atom is 0.412 e. The number of ether oxygens (including phenoxy) is 1. The van der Waals surface area contributed by atoms with Gasteiger partial charge in [-0.25, -0.2) is 18.7 Å². The number of anilines is 1. The molecule has 1 aliphatic rings. The fourth-order valence-electron chi connectivity index (χ4n) is 3.22. The highest BCUT2D eigenvalue weighted by Gasteiger charge is 2.28. The van der Waals surface area contributed by atoms with Crippen LogP contribution >= 0.6 is 0 Å². The third kappa shape index (κ3) is 2.92. The summed E-state index contributed by atoms with van der Waals surface area (Å²) in [5.41, 5.74) is 1.26. The van der Waals surface area contributed by atoms with Crippen molar-refractivity contribution in [1.82, 2.24) is 24.9 Å². The predicted molar refractivity (Wildman–Crippen MR) is 91.6 cm³/mol. The summed E-state index contributed by atoms with van der Waals surface area (Å²) in [5, 5.41) is 6.53. The molecule has 0 saturated carbocycles. The molecule has 8 nitrogen and oxygen atoms in total. The fourth-order valence-corrected chi connectivity index (χ4v) is 3.22. The van der Waals surface area contributed by atoms with E-state index in [4.69, 9.17) is 4.74 Å². The maximum atomic E-state index is 13.6. The number of rotatable bonds is 3. The molecule has 4 rings (SSSR count). The smallest absolute Gasteiger partial charge is 0.405 e. The Morgan fingerprint density at radius 3 is 3.08 bits per heavy atom. The molecule has 1 atom stereocenters. The average molecular weight is 356 g/mol. The van der Waals surface area contributed by atoms with Crippen molar-refractivity contribution in [1.29, 1.82) is 0 Å². The van der Waals surface area contributed by atoms with Crippen LogP contribution in [-0.4, -0.2) is 39.3 Å². The third-order valence-corrected chi connectivity index (χ3v) is 4.39. The van der Waals surface area contributed by atoms with Gasteiger partial charge in [-0.2, -0.15) is 5.10 Å². The van der Waals surface area contributed by atoms with E-state index >= 15 is 0 Å².